The molecule has 7 nitrogen and oxygen atoms in total. The van der Waals surface area contributed by atoms with Gasteiger partial charge in [-0.25, -0.2) is 5.32 Å². The van der Waals surface area contributed by atoms with Crippen LogP contribution >= 0.6 is 0 Å². The first-order valence-electron chi connectivity index (χ1n) is 10.6. The number of ether oxygens (including phenoxy) is 6. The van der Waals surface area contributed by atoms with Crippen molar-refractivity contribution in [3.8, 4) is 0 Å². The smallest absolute Gasteiger partial charge is 0.258 e. The van der Waals surface area contributed by atoms with Crippen LogP contribution in [-0.2, 0) is 28.4 Å². The minimum atomic E-state index is -1.17. The van der Waals surface area contributed by atoms with Crippen molar-refractivity contribution in [1.29, 1.82) is 0 Å². The Kier molecular flexibility index (Phi) is 15.1. The minimum absolute atomic E-state index is 0.272. The van der Waals surface area contributed by atoms with E-state index >= 15 is 0 Å². The Morgan fingerprint density at radius 2 is 0.889 bits per heavy atom. The highest BCUT2D eigenvalue weighted by Crippen LogP contribution is 2.30. The van der Waals surface area contributed by atoms with Crippen molar-refractivity contribution in [1.82, 2.24) is 5.32 Å². The van der Waals surface area contributed by atoms with Gasteiger partial charge in [0.1, 0.15) is 12.2 Å². The summed E-state index contributed by atoms with van der Waals surface area (Å²) in [6.45, 7) is 14.7. The largest absolute Gasteiger partial charge is 0.372 e. The summed E-state index contributed by atoms with van der Waals surface area (Å²) < 4.78 is 36.7. The first-order chi connectivity index (χ1) is 13.0. The van der Waals surface area contributed by atoms with Crippen molar-refractivity contribution in [2.24, 2.45) is 0 Å². The van der Waals surface area contributed by atoms with Gasteiger partial charge in [-0.1, -0.05) is 0 Å². The normalized spacial score (nSPS) is 15.3. The Hall–Kier alpha value is 0.154. The van der Waals surface area contributed by atoms with Crippen molar-refractivity contribution in [3.63, 3.8) is 0 Å². The van der Waals surface area contributed by atoms with Crippen LogP contribution in [0.25, 0.3) is 0 Å². The average Bonchev–Trinajstić information content (AvgIpc) is 2.64. The van der Waals surface area contributed by atoms with Crippen LogP contribution < -0.4 is 5.32 Å². The molecule has 164 valence electrons. The molecule has 0 radical (unpaired) electrons. The zero-order valence-corrected chi connectivity index (χ0v) is 22.8. The Balaban J connectivity index is 6.18. The second-order valence-corrected chi connectivity index (χ2v) is 7.53. The van der Waals surface area contributed by atoms with Crippen LogP contribution in [0.15, 0.2) is 0 Å². The van der Waals surface area contributed by atoms with Crippen LogP contribution in [0.5, 0.6) is 0 Å². The van der Waals surface area contributed by atoms with Gasteiger partial charge in [-0.2, -0.15) is 0 Å². The van der Waals surface area contributed by atoms with E-state index in [9.17, 15) is 0 Å². The monoisotopic (exact) mass is 425 g/mol. The molecular weight excluding hydrogens is 382 g/mol. The molecule has 0 aliphatic rings. The predicted octanol–water partition coefficient (Wildman–Crippen LogP) is 0.407. The van der Waals surface area contributed by atoms with Gasteiger partial charge in [0.15, 0.2) is 0 Å². The van der Waals surface area contributed by atoms with Crippen molar-refractivity contribution < 1.29 is 28.4 Å². The fourth-order valence-electron chi connectivity index (χ4n) is 3.26. The molecule has 2 unspecified atom stereocenters. The lowest BCUT2D eigenvalue weighted by Crippen LogP contribution is -2.72. The molecule has 0 aromatic rings. The quantitative estimate of drug-likeness (QED) is 0.252. The summed E-state index contributed by atoms with van der Waals surface area (Å²) in [6.07, 6.45) is -0.545. The van der Waals surface area contributed by atoms with Gasteiger partial charge in [-0.3, -0.25) is 0 Å². The lowest BCUT2D eigenvalue weighted by atomic mass is 10.2. The van der Waals surface area contributed by atoms with Crippen LogP contribution in [0.3, 0.4) is 0 Å². The summed E-state index contributed by atoms with van der Waals surface area (Å²) in [6, 6.07) is 1.69. The Morgan fingerprint density at radius 3 is 1.07 bits per heavy atom. The molecule has 1 N–H and O–H groups in total. The molecule has 0 amide bonds. The molecule has 9 heteroatoms. The SMILES string of the molecule is CCOC(C[SiH3])C(NC(OCC)(OCC)C(C[SiH3])OCC)(OCC)OCC. The zero-order valence-electron chi connectivity index (χ0n) is 18.8. The molecule has 0 saturated carbocycles. The van der Waals surface area contributed by atoms with E-state index < -0.39 is 11.8 Å². The molecule has 0 rings (SSSR count). The van der Waals surface area contributed by atoms with Gasteiger partial charge < -0.3 is 28.4 Å². The van der Waals surface area contributed by atoms with Crippen molar-refractivity contribution in [3.05, 3.63) is 0 Å². The van der Waals surface area contributed by atoms with Crippen LogP contribution in [-0.4, -0.2) is 84.2 Å². The molecule has 0 saturated heterocycles. The highest BCUT2D eigenvalue weighted by atomic mass is 28.1. The molecule has 0 bridgehead atoms. The third-order valence-corrected chi connectivity index (χ3v) is 5.59. The topological polar surface area (TPSA) is 67.4 Å². The van der Waals surface area contributed by atoms with Crippen molar-refractivity contribution >= 4 is 20.5 Å². The summed E-state index contributed by atoms with van der Waals surface area (Å²) in [7, 11) is 1.89. The van der Waals surface area contributed by atoms with E-state index in [0.717, 1.165) is 32.6 Å². The Labute approximate surface area is 172 Å². The van der Waals surface area contributed by atoms with Gasteiger partial charge in [0.2, 0.25) is 0 Å². The molecule has 0 fully saturated rings. The molecule has 0 aliphatic heterocycles. The van der Waals surface area contributed by atoms with Gasteiger partial charge >= 0.3 is 0 Å². The molecule has 0 aromatic heterocycles. The van der Waals surface area contributed by atoms with Gasteiger partial charge in [-0.15, -0.1) is 0 Å². The van der Waals surface area contributed by atoms with E-state index in [2.05, 4.69) is 5.32 Å². The molecular formula is C18H43NO6Si2. The third-order valence-electron chi connectivity index (χ3n) is 4.11. The molecule has 0 aromatic carbocycles. The van der Waals surface area contributed by atoms with Crippen LogP contribution in [0.1, 0.15) is 41.5 Å². The lowest BCUT2D eigenvalue weighted by Gasteiger charge is -2.48. The van der Waals surface area contributed by atoms with Crippen LogP contribution in [0.4, 0.5) is 0 Å². The van der Waals surface area contributed by atoms with E-state index in [1.807, 2.05) is 41.5 Å². The second-order valence-electron chi connectivity index (χ2n) is 5.90. The van der Waals surface area contributed by atoms with Gasteiger partial charge in [0.05, 0.1) is 0 Å². The Bertz CT molecular complexity index is 321. The fraction of sp³-hybridized carbons (Fsp3) is 1.00. The second kappa shape index (κ2) is 15.1. The van der Waals surface area contributed by atoms with Gasteiger partial charge in [-0.05, 0) is 53.6 Å². The average molecular weight is 426 g/mol. The van der Waals surface area contributed by atoms with Gasteiger partial charge in [0.25, 0.3) is 11.8 Å². The molecule has 0 heterocycles. The number of nitrogens with one attached hydrogen (secondary N) is 1. The van der Waals surface area contributed by atoms with E-state index in [0.29, 0.717) is 39.6 Å². The maximum atomic E-state index is 6.16. The minimum Gasteiger partial charge on any atom is -0.372 e. The fourth-order valence-corrected chi connectivity index (χ4v) is 4.80. The summed E-state index contributed by atoms with van der Waals surface area (Å²) >= 11 is 0. The summed E-state index contributed by atoms with van der Waals surface area (Å²) in [5.74, 6) is -2.34. The van der Waals surface area contributed by atoms with E-state index in [1.165, 1.54) is 0 Å². The maximum absolute atomic E-state index is 6.16. The first kappa shape index (κ1) is 27.2. The third kappa shape index (κ3) is 7.83. The number of rotatable bonds is 18. The molecule has 27 heavy (non-hydrogen) atoms. The zero-order chi connectivity index (χ0) is 20.8. The van der Waals surface area contributed by atoms with Gasteiger partial charge in [0, 0.05) is 60.1 Å². The summed E-state index contributed by atoms with van der Waals surface area (Å²) in [5.41, 5.74) is 0. The molecule has 2 atom stereocenters. The first-order valence-corrected chi connectivity index (χ1v) is 13.4. The maximum Gasteiger partial charge on any atom is 0.258 e. The van der Waals surface area contributed by atoms with Crippen LogP contribution in [0, 0.1) is 0 Å². The highest BCUT2D eigenvalue weighted by molar-refractivity contribution is 6.09. The van der Waals surface area contributed by atoms with Crippen molar-refractivity contribution in [2.45, 2.75) is 77.7 Å². The predicted molar refractivity (Wildman–Crippen MR) is 115 cm³/mol. The standard InChI is InChI=1S/C18H43NO6Si2/c1-7-20-15(13-26)17(22-9-3,23-10-4)19-18(24-11-5,25-12-6)16(14-27)21-8-2/h15-16,19H,7-14H2,1-6,26-27H3. The van der Waals surface area contributed by atoms with Crippen molar-refractivity contribution in [2.75, 3.05) is 39.6 Å². The summed E-state index contributed by atoms with van der Waals surface area (Å²) in [5, 5.41) is 3.46. The highest BCUT2D eigenvalue weighted by Gasteiger charge is 2.52. The van der Waals surface area contributed by atoms with Crippen LogP contribution in [0.2, 0.25) is 12.1 Å². The lowest BCUT2D eigenvalue weighted by molar-refractivity contribution is -0.383. The van der Waals surface area contributed by atoms with E-state index in [4.69, 9.17) is 28.4 Å². The molecule has 0 aliphatic carbocycles. The van der Waals surface area contributed by atoms with E-state index in [1.54, 1.807) is 0 Å². The summed E-state index contributed by atoms with van der Waals surface area (Å²) in [4.78, 5) is 0. The van der Waals surface area contributed by atoms with E-state index in [-0.39, 0.29) is 12.2 Å². The number of hydrogen-bond acceptors (Lipinski definition) is 7. The molecule has 0 spiro atoms. The number of hydrogen-bond donors (Lipinski definition) is 1. The Morgan fingerprint density at radius 1 is 0.593 bits per heavy atom.